The van der Waals surface area contributed by atoms with Crippen LogP contribution >= 0.6 is 0 Å². The fourth-order valence-electron chi connectivity index (χ4n) is 1.83. The number of halogens is 1. The second kappa shape index (κ2) is 4.59. The van der Waals surface area contributed by atoms with E-state index in [1.807, 2.05) is 26.0 Å². The van der Waals surface area contributed by atoms with E-state index in [1.165, 1.54) is 0 Å². The third kappa shape index (κ3) is 2.34. The van der Waals surface area contributed by atoms with Crippen molar-refractivity contribution < 1.29 is 4.39 Å². The second-order valence-corrected chi connectivity index (χ2v) is 4.13. The second-order valence-electron chi connectivity index (χ2n) is 4.13. The van der Waals surface area contributed by atoms with Crippen molar-refractivity contribution in [3.63, 3.8) is 0 Å². The Labute approximate surface area is 86.2 Å². The van der Waals surface area contributed by atoms with Crippen molar-refractivity contribution in [1.82, 2.24) is 0 Å². The minimum Gasteiger partial charge on any atom is -0.207 e. The predicted molar refractivity (Wildman–Crippen MR) is 58.7 cm³/mol. The maximum atomic E-state index is 13.6. The first-order chi connectivity index (χ1) is 6.56. The van der Waals surface area contributed by atoms with Crippen LogP contribution in [0, 0.1) is 25.1 Å². The SMILES string of the molecule is C[CH][C@H](c1ccc(C)cc1F)C(C)C. The van der Waals surface area contributed by atoms with Gasteiger partial charge in [0.25, 0.3) is 0 Å². The first-order valence-electron chi connectivity index (χ1n) is 5.11. The van der Waals surface area contributed by atoms with E-state index in [1.54, 1.807) is 6.07 Å². The Morgan fingerprint density at radius 1 is 1.29 bits per heavy atom. The zero-order chi connectivity index (χ0) is 10.7. The van der Waals surface area contributed by atoms with E-state index >= 15 is 0 Å². The summed E-state index contributed by atoms with van der Waals surface area (Å²) in [7, 11) is 0. The number of benzene rings is 1. The van der Waals surface area contributed by atoms with Gasteiger partial charge in [-0.1, -0.05) is 32.9 Å². The molecule has 1 heteroatoms. The number of rotatable bonds is 3. The summed E-state index contributed by atoms with van der Waals surface area (Å²) in [4.78, 5) is 0. The van der Waals surface area contributed by atoms with Crippen molar-refractivity contribution in [2.24, 2.45) is 5.92 Å². The standard InChI is InChI=1S/C13H18F/c1-5-11(9(2)3)12-7-6-10(4)8-13(12)14/h5-9,11H,1-4H3/t11-/m0/s1. The topological polar surface area (TPSA) is 0 Å². The van der Waals surface area contributed by atoms with Crippen LogP contribution in [0.4, 0.5) is 4.39 Å². The van der Waals surface area contributed by atoms with Crippen molar-refractivity contribution in [2.75, 3.05) is 0 Å². The monoisotopic (exact) mass is 193 g/mol. The normalized spacial score (nSPS) is 13.3. The fourth-order valence-corrected chi connectivity index (χ4v) is 1.83. The van der Waals surface area contributed by atoms with Gasteiger partial charge in [-0.25, -0.2) is 4.39 Å². The number of hydrogen-bond acceptors (Lipinski definition) is 0. The van der Waals surface area contributed by atoms with Crippen LogP contribution in [-0.4, -0.2) is 0 Å². The summed E-state index contributed by atoms with van der Waals surface area (Å²) < 4.78 is 13.6. The molecule has 14 heavy (non-hydrogen) atoms. The average molecular weight is 193 g/mol. The lowest BCUT2D eigenvalue weighted by Crippen LogP contribution is -2.08. The molecular formula is C13H18F. The van der Waals surface area contributed by atoms with Gasteiger partial charge in [0.1, 0.15) is 5.82 Å². The van der Waals surface area contributed by atoms with Gasteiger partial charge in [-0.05, 0) is 42.4 Å². The molecule has 0 aliphatic rings. The highest BCUT2D eigenvalue weighted by molar-refractivity contribution is 5.28. The van der Waals surface area contributed by atoms with E-state index in [0.29, 0.717) is 5.92 Å². The van der Waals surface area contributed by atoms with E-state index in [2.05, 4.69) is 20.3 Å². The van der Waals surface area contributed by atoms with Crippen molar-refractivity contribution in [3.8, 4) is 0 Å². The van der Waals surface area contributed by atoms with Crippen LogP contribution in [0.2, 0.25) is 0 Å². The lowest BCUT2D eigenvalue weighted by molar-refractivity contribution is 0.513. The molecule has 1 aromatic rings. The molecule has 0 saturated carbocycles. The molecule has 0 spiro atoms. The largest absolute Gasteiger partial charge is 0.207 e. The molecule has 0 saturated heterocycles. The zero-order valence-electron chi connectivity index (χ0n) is 9.34. The van der Waals surface area contributed by atoms with Crippen LogP contribution < -0.4 is 0 Å². The van der Waals surface area contributed by atoms with E-state index in [4.69, 9.17) is 0 Å². The Hall–Kier alpha value is -0.850. The summed E-state index contributed by atoms with van der Waals surface area (Å²) in [5.74, 6) is 0.578. The molecule has 0 aliphatic heterocycles. The molecule has 0 nitrogen and oxygen atoms in total. The molecule has 1 atom stereocenters. The molecule has 0 unspecified atom stereocenters. The molecule has 0 N–H and O–H groups in total. The van der Waals surface area contributed by atoms with Crippen LogP contribution in [0.15, 0.2) is 18.2 Å². The van der Waals surface area contributed by atoms with Gasteiger partial charge in [-0.15, -0.1) is 0 Å². The van der Waals surface area contributed by atoms with Crippen molar-refractivity contribution in [1.29, 1.82) is 0 Å². The van der Waals surface area contributed by atoms with Gasteiger partial charge in [0.2, 0.25) is 0 Å². The van der Waals surface area contributed by atoms with E-state index in [0.717, 1.165) is 11.1 Å². The molecule has 0 bridgehead atoms. The van der Waals surface area contributed by atoms with Crippen LogP contribution in [0.3, 0.4) is 0 Å². The minimum atomic E-state index is -0.0817. The van der Waals surface area contributed by atoms with Crippen molar-refractivity contribution in [2.45, 2.75) is 33.6 Å². The summed E-state index contributed by atoms with van der Waals surface area (Å²) in [6.45, 7) is 8.13. The van der Waals surface area contributed by atoms with Gasteiger partial charge in [-0.3, -0.25) is 0 Å². The molecule has 0 fully saturated rings. The first-order valence-corrected chi connectivity index (χ1v) is 5.11. The van der Waals surface area contributed by atoms with Crippen LogP contribution in [0.5, 0.6) is 0 Å². The first kappa shape index (κ1) is 11.2. The summed E-state index contributed by atoms with van der Waals surface area (Å²) in [5, 5.41) is 0. The number of hydrogen-bond donors (Lipinski definition) is 0. The maximum Gasteiger partial charge on any atom is 0.126 e. The molecular weight excluding hydrogens is 175 g/mol. The van der Waals surface area contributed by atoms with Gasteiger partial charge in [0.15, 0.2) is 0 Å². The molecule has 0 aromatic heterocycles. The van der Waals surface area contributed by atoms with Crippen LogP contribution in [0.1, 0.15) is 37.8 Å². The lowest BCUT2D eigenvalue weighted by atomic mass is 9.86. The molecule has 77 valence electrons. The van der Waals surface area contributed by atoms with E-state index < -0.39 is 0 Å². The summed E-state index contributed by atoms with van der Waals surface area (Å²) in [6, 6.07) is 5.47. The fraction of sp³-hybridized carbons (Fsp3) is 0.462. The predicted octanol–water partition coefficient (Wildman–Crippen LogP) is 4.10. The van der Waals surface area contributed by atoms with Crippen LogP contribution in [0.25, 0.3) is 0 Å². The Bertz CT molecular complexity index is 302. The molecule has 1 radical (unpaired) electrons. The van der Waals surface area contributed by atoms with Crippen molar-refractivity contribution in [3.05, 3.63) is 41.6 Å². The van der Waals surface area contributed by atoms with Crippen LogP contribution in [-0.2, 0) is 0 Å². The van der Waals surface area contributed by atoms with Gasteiger partial charge in [-0.2, -0.15) is 0 Å². The Morgan fingerprint density at radius 2 is 1.93 bits per heavy atom. The van der Waals surface area contributed by atoms with Gasteiger partial charge in [0, 0.05) is 0 Å². The van der Waals surface area contributed by atoms with E-state index in [9.17, 15) is 4.39 Å². The highest BCUT2D eigenvalue weighted by Gasteiger charge is 2.17. The molecule has 0 heterocycles. The molecule has 0 amide bonds. The third-order valence-corrected chi connectivity index (χ3v) is 2.59. The molecule has 1 rings (SSSR count). The Kier molecular flexibility index (Phi) is 3.68. The Balaban J connectivity index is 3.04. The number of aryl methyl sites for hydroxylation is 1. The minimum absolute atomic E-state index is 0.0817. The van der Waals surface area contributed by atoms with Gasteiger partial charge < -0.3 is 0 Å². The van der Waals surface area contributed by atoms with Crippen molar-refractivity contribution >= 4 is 0 Å². The summed E-state index contributed by atoms with van der Waals surface area (Å²) >= 11 is 0. The van der Waals surface area contributed by atoms with Gasteiger partial charge in [0.05, 0.1) is 0 Å². The van der Waals surface area contributed by atoms with E-state index in [-0.39, 0.29) is 11.7 Å². The quantitative estimate of drug-likeness (QED) is 0.678. The average Bonchev–Trinajstić information content (AvgIpc) is 2.09. The highest BCUT2D eigenvalue weighted by atomic mass is 19.1. The lowest BCUT2D eigenvalue weighted by Gasteiger charge is -2.20. The molecule has 1 aromatic carbocycles. The van der Waals surface area contributed by atoms with Gasteiger partial charge >= 0.3 is 0 Å². The smallest absolute Gasteiger partial charge is 0.126 e. The summed E-state index contributed by atoms with van der Waals surface area (Å²) in [6.07, 6.45) is 2.07. The zero-order valence-corrected chi connectivity index (χ0v) is 9.34. The summed E-state index contributed by atoms with van der Waals surface area (Å²) in [5.41, 5.74) is 1.79. The highest BCUT2D eigenvalue weighted by Crippen LogP contribution is 2.29. The Morgan fingerprint density at radius 3 is 2.36 bits per heavy atom. The molecule has 0 aliphatic carbocycles. The maximum absolute atomic E-state index is 13.6. The third-order valence-electron chi connectivity index (χ3n) is 2.59.